The molecule has 1 heteroatoms. The van der Waals surface area contributed by atoms with Gasteiger partial charge in [0.1, 0.15) is 11.2 Å². The van der Waals surface area contributed by atoms with Crippen LogP contribution < -0.4 is 0 Å². The van der Waals surface area contributed by atoms with Crippen LogP contribution in [0.1, 0.15) is 17.5 Å². The van der Waals surface area contributed by atoms with Gasteiger partial charge < -0.3 is 4.42 Å². The van der Waals surface area contributed by atoms with E-state index in [1.54, 1.807) is 0 Å². The summed E-state index contributed by atoms with van der Waals surface area (Å²) >= 11 is 0. The lowest BCUT2D eigenvalue weighted by Crippen LogP contribution is -2.00. The molecule has 138 valence electrons. The predicted molar refractivity (Wildman–Crippen MR) is 122 cm³/mol. The summed E-state index contributed by atoms with van der Waals surface area (Å²) in [6.45, 7) is 0. The number of hydrogen-bond acceptors (Lipinski definition) is 1. The van der Waals surface area contributed by atoms with Crippen molar-refractivity contribution in [1.82, 2.24) is 0 Å². The standard InChI is InChI=1S/C28H20O/c1-2-8-19(9-3-1)21-15-16-22(24-11-5-4-10-23(21)24)20-14-17-28-26(18-20)25-12-6-7-13-27(25)29-28/h1-3,5-9,11-18H,4,10H2. The number of rotatable bonds is 2. The van der Waals surface area contributed by atoms with E-state index in [0.717, 1.165) is 24.0 Å². The smallest absolute Gasteiger partial charge is 0.135 e. The van der Waals surface area contributed by atoms with Crippen LogP contribution in [-0.4, -0.2) is 0 Å². The van der Waals surface area contributed by atoms with E-state index < -0.39 is 0 Å². The van der Waals surface area contributed by atoms with Crippen molar-refractivity contribution in [2.45, 2.75) is 12.8 Å². The van der Waals surface area contributed by atoms with Gasteiger partial charge in [-0.1, -0.05) is 78.9 Å². The number of fused-ring (bicyclic) bond motifs is 4. The van der Waals surface area contributed by atoms with E-state index in [-0.39, 0.29) is 0 Å². The highest BCUT2D eigenvalue weighted by molar-refractivity contribution is 6.06. The molecule has 1 heterocycles. The molecule has 0 N–H and O–H groups in total. The molecule has 0 saturated carbocycles. The van der Waals surface area contributed by atoms with Gasteiger partial charge in [-0.15, -0.1) is 0 Å². The fourth-order valence-electron chi connectivity index (χ4n) is 4.59. The molecule has 5 aromatic rings. The van der Waals surface area contributed by atoms with Gasteiger partial charge in [-0.2, -0.15) is 0 Å². The van der Waals surface area contributed by atoms with E-state index in [9.17, 15) is 0 Å². The van der Waals surface area contributed by atoms with Gasteiger partial charge in [0.15, 0.2) is 0 Å². The number of allylic oxidation sites excluding steroid dienone is 1. The molecule has 0 spiro atoms. The average molecular weight is 372 g/mol. The third-order valence-electron chi connectivity index (χ3n) is 5.98. The Balaban J connectivity index is 1.58. The van der Waals surface area contributed by atoms with Crippen LogP contribution in [0.4, 0.5) is 0 Å². The second-order valence-corrected chi connectivity index (χ2v) is 7.67. The molecule has 0 saturated heterocycles. The Kier molecular flexibility index (Phi) is 3.67. The lowest BCUT2D eigenvalue weighted by atomic mass is 9.84. The first kappa shape index (κ1) is 16.4. The molecular formula is C28H20O. The first-order valence-electron chi connectivity index (χ1n) is 10.2. The summed E-state index contributed by atoms with van der Waals surface area (Å²) in [6, 6.07) is 30.1. The van der Waals surface area contributed by atoms with Crippen LogP contribution in [0.3, 0.4) is 0 Å². The van der Waals surface area contributed by atoms with Gasteiger partial charge in [0.2, 0.25) is 0 Å². The zero-order valence-corrected chi connectivity index (χ0v) is 16.1. The second kappa shape index (κ2) is 6.49. The topological polar surface area (TPSA) is 13.1 Å². The minimum Gasteiger partial charge on any atom is -0.456 e. The summed E-state index contributed by atoms with van der Waals surface area (Å²) in [6.07, 6.45) is 6.78. The summed E-state index contributed by atoms with van der Waals surface area (Å²) in [5.41, 5.74) is 9.87. The van der Waals surface area contributed by atoms with Gasteiger partial charge in [-0.05, 0) is 64.4 Å². The molecule has 0 radical (unpaired) electrons. The molecule has 0 atom stereocenters. The molecule has 1 aliphatic carbocycles. The summed E-state index contributed by atoms with van der Waals surface area (Å²) < 4.78 is 6.02. The van der Waals surface area contributed by atoms with Crippen molar-refractivity contribution in [2.75, 3.05) is 0 Å². The Morgan fingerprint density at radius 1 is 0.621 bits per heavy atom. The second-order valence-electron chi connectivity index (χ2n) is 7.67. The minimum atomic E-state index is 0.945. The lowest BCUT2D eigenvalue weighted by Gasteiger charge is -2.20. The van der Waals surface area contributed by atoms with Crippen molar-refractivity contribution in [1.29, 1.82) is 0 Å². The molecule has 1 aromatic heterocycles. The van der Waals surface area contributed by atoms with Crippen molar-refractivity contribution >= 4 is 28.0 Å². The van der Waals surface area contributed by atoms with Crippen molar-refractivity contribution in [3.8, 4) is 22.3 Å². The molecule has 0 aliphatic heterocycles. The lowest BCUT2D eigenvalue weighted by molar-refractivity contribution is 0.669. The van der Waals surface area contributed by atoms with E-state index in [4.69, 9.17) is 4.42 Å². The van der Waals surface area contributed by atoms with Crippen LogP contribution in [0, 0.1) is 0 Å². The zero-order valence-electron chi connectivity index (χ0n) is 16.1. The summed E-state index contributed by atoms with van der Waals surface area (Å²) in [4.78, 5) is 0. The van der Waals surface area contributed by atoms with Crippen molar-refractivity contribution in [2.24, 2.45) is 0 Å². The quantitative estimate of drug-likeness (QED) is 0.307. The van der Waals surface area contributed by atoms with Gasteiger partial charge in [0, 0.05) is 10.8 Å². The molecular weight excluding hydrogens is 352 g/mol. The third kappa shape index (κ3) is 2.62. The Morgan fingerprint density at radius 2 is 1.41 bits per heavy atom. The van der Waals surface area contributed by atoms with Gasteiger partial charge in [0.25, 0.3) is 0 Å². The molecule has 29 heavy (non-hydrogen) atoms. The number of furan rings is 1. The maximum absolute atomic E-state index is 6.02. The predicted octanol–water partition coefficient (Wildman–Crippen LogP) is 7.88. The van der Waals surface area contributed by atoms with Gasteiger partial charge in [0.05, 0.1) is 0 Å². The maximum atomic E-state index is 6.02. The molecule has 4 aromatic carbocycles. The highest BCUT2D eigenvalue weighted by Gasteiger charge is 2.17. The Labute approximate surface area is 169 Å². The first-order valence-corrected chi connectivity index (χ1v) is 10.2. The van der Waals surface area contributed by atoms with Gasteiger partial charge in [-0.3, -0.25) is 0 Å². The van der Waals surface area contributed by atoms with Crippen LogP contribution in [0.15, 0.2) is 95.4 Å². The van der Waals surface area contributed by atoms with Crippen LogP contribution in [0.5, 0.6) is 0 Å². The van der Waals surface area contributed by atoms with E-state index in [0.29, 0.717) is 0 Å². The highest BCUT2D eigenvalue weighted by atomic mass is 16.3. The normalized spacial score (nSPS) is 13.1. The summed E-state index contributed by atoms with van der Waals surface area (Å²) in [5, 5.41) is 2.36. The number of benzene rings is 4. The van der Waals surface area contributed by atoms with Crippen LogP contribution in [-0.2, 0) is 6.42 Å². The molecule has 0 fully saturated rings. The SMILES string of the molecule is C1=Cc2c(-c3ccc4oc5ccccc5c4c3)ccc(-c3ccccc3)c2CC1. The summed E-state index contributed by atoms with van der Waals surface area (Å²) in [7, 11) is 0. The highest BCUT2D eigenvalue weighted by Crippen LogP contribution is 2.39. The van der Waals surface area contributed by atoms with E-state index in [2.05, 4.69) is 84.9 Å². The fraction of sp³-hybridized carbons (Fsp3) is 0.0714. The minimum absolute atomic E-state index is 0.945. The average Bonchev–Trinajstić information content (AvgIpc) is 3.17. The Morgan fingerprint density at radius 3 is 2.34 bits per heavy atom. The Hall–Kier alpha value is -3.58. The third-order valence-corrected chi connectivity index (χ3v) is 5.98. The van der Waals surface area contributed by atoms with Gasteiger partial charge in [-0.25, -0.2) is 0 Å². The monoisotopic (exact) mass is 372 g/mol. The van der Waals surface area contributed by atoms with E-state index in [1.165, 1.54) is 44.2 Å². The Bertz CT molecular complexity index is 1390. The largest absolute Gasteiger partial charge is 0.456 e. The molecule has 1 aliphatic rings. The van der Waals surface area contributed by atoms with Crippen molar-refractivity contribution in [3.63, 3.8) is 0 Å². The maximum Gasteiger partial charge on any atom is 0.135 e. The van der Waals surface area contributed by atoms with Crippen LogP contribution in [0.25, 0.3) is 50.3 Å². The fourth-order valence-corrected chi connectivity index (χ4v) is 4.59. The van der Waals surface area contributed by atoms with E-state index in [1.807, 2.05) is 12.1 Å². The van der Waals surface area contributed by atoms with Crippen molar-refractivity contribution in [3.05, 3.63) is 102 Å². The van der Waals surface area contributed by atoms with Crippen molar-refractivity contribution < 1.29 is 4.42 Å². The van der Waals surface area contributed by atoms with Gasteiger partial charge >= 0.3 is 0 Å². The molecule has 6 rings (SSSR count). The molecule has 0 bridgehead atoms. The first-order chi connectivity index (χ1) is 14.4. The van der Waals surface area contributed by atoms with Crippen LogP contribution >= 0.6 is 0 Å². The zero-order chi connectivity index (χ0) is 19.2. The molecule has 1 nitrogen and oxygen atoms in total. The molecule has 0 amide bonds. The summed E-state index contributed by atoms with van der Waals surface area (Å²) in [5.74, 6) is 0. The van der Waals surface area contributed by atoms with Crippen LogP contribution in [0.2, 0.25) is 0 Å². The molecule has 0 unspecified atom stereocenters. The van der Waals surface area contributed by atoms with E-state index >= 15 is 0 Å². The number of para-hydroxylation sites is 1. The number of hydrogen-bond donors (Lipinski definition) is 0.